The Balaban J connectivity index is 1.55. The van der Waals surface area contributed by atoms with Crippen LogP contribution < -0.4 is 15.5 Å². The highest BCUT2D eigenvalue weighted by atomic mass is 35.5. The van der Waals surface area contributed by atoms with Gasteiger partial charge in [-0.25, -0.2) is 9.59 Å². The standard InChI is InChI=1S/C25H29ClN4O3/c1-3-33-24(31)22-20(27-25(32)28-23(22)18-7-5-4-6-8-18)16-29-11-13-30(14-12-29)21-15-19(26)10-9-17(21)2/h4-10,15,23H,3,11-14,16H2,1-2H3,(H2,27,28,32). The van der Waals surface area contributed by atoms with Crippen LogP contribution in [0.5, 0.6) is 0 Å². The highest BCUT2D eigenvalue weighted by Crippen LogP contribution is 2.29. The summed E-state index contributed by atoms with van der Waals surface area (Å²) in [5, 5.41) is 6.48. The molecule has 0 aliphatic carbocycles. The SMILES string of the molecule is CCOC(=O)C1=C(CN2CCN(c3cc(Cl)ccc3C)CC2)NC(=O)NC1c1ccccc1. The third-order valence-corrected chi connectivity index (χ3v) is 6.28. The molecular formula is C25H29ClN4O3. The Morgan fingerprint density at radius 3 is 2.55 bits per heavy atom. The van der Waals surface area contributed by atoms with E-state index in [0.717, 1.165) is 42.5 Å². The van der Waals surface area contributed by atoms with Gasteiger partial charge in [0.2, 0.25) is 0 Å². The van der Waals surface area contributed by atoms with Gasteiger partial charge in [0.05, 0.1) is 18.2 Å². The van der Waals surface area contributed by atoms with E-state index in [9.17, 15) is 9.59 Å². The molecule has 8 heteroatoms. The number of halogens is 1. The fraction of sp³-hybridized carbons (Fsp3) is 0.360. The lowest BCUT2D eigenvalue weighted by molar-refractivity contribution is -0.139. The molecule has 2 heterocycles. The molecule has 4 rings (SSSR count). The van der Waals surface area contributed by atoms with Crippen LogP contribution in [0.3, 0.4) is 0 Å². The molecule has 2 aromatic carbocycles. The molecule has 0 bridgehead atoms. The van der Waals surface area contributed by atoms with Crippen LogP contribution in [-0.4, -0.2) is 56.2 Å². The number of nitrogens with zero attached hydrogens (tertiary/aromatic N) is 2. The molecule has 1 saturated heterocycles. The molecule has 0 spiro atoms. The average Bonchev–Trinajstić information content (AvgIpc) is 2.81. The van der Waals surface area contributed by atoms with Crippen LogP contribution in [0.2, 0.25) is 5.02 Å². The number of nitrogens with one attached hydrogen (secondary N) is 2. The summed E-state index contributed by atoms with van der Waals surface area (Å²) in [4.78, 5) is 30.0. The number of ether oxygens (including phenoxy) is 1. The predicted molar refractivity (Wildman–Crippen MR) is 129 cm³/mol. The number of aryl methyl sites for hydroxylation is 1. The van der Waals surface area contributed by atoms with E-state index in [1.54, 1.807) is 6.92 Å². The Labute approximate surface area is 199 Å². The van der Waals surface area contributed by atoms with Gasteiger partial charge < -0.3 is 20.3 Å². The number of esters is 1. The summed E-state index contributed by atoms with van der Waals surface area (Å²) in [6, 6.07) is 14.6. The van der Waals surface area contributed by atoms with Gasteiger partial charge in [0.1, 0.15) is 0 Å². The lowest BCUT2D eigenvalue weighted by atomic mass is 9.95. The van der Waals surface area contributed by atoms with E-state index in [4.69, 9.17) is 16.3 Å². The minimum Gasteiger partial charge on any atom is -0.463 e. The maximum absolute atomic E-state index is 12.9. The minimum atomic E-state index is -0.551. The monoisotopic (exact) mass is 468 g/mol. The fourth-order valence-corrected chi connectivity index (χ4v) is 4.55. The van der Waals surface area contributed by atoms with Crippen molar-refractivity contribution in [1.82, 2.24) is 15.5 Å². The van der Waals surface area contributed by atoms with Crippen molar-refractivity contribution in [1.29, 1.82) is 0 Å². The Kier molecular flexibility index (Phi) is 7.20. The van der Waals surface area contributed by atoms with Crippen LogP contribution in [0.4, 0.5) is 10.5 Å². The van der Waals surface area contributed by atoms with Crippen LogP contribution in [0.25, 0.3) is 0 Å². The zero-order valence-corrected chi connectivity index (χ0v) is 19.7. The van der Waals surface area contributed by atoms with Crippen LogP contribution >= 0.6 is 11.6 Å². The third kappa shape index (κ3) is 5.31. The first-order valence-electron chi connectivity index (χ1n) is 11.2. The quantitative estimate of drug-likeness (QED) is 0.633. The summed E-state index contributed by atoms with van der Waals surface area (Å²) in [5.74, 6) is -0.415. The molecule has 1 unspecified atom stereocenters. The summed E-state index contributed by atoms with van der Waals surface area (Å²) >= 11 is 6.21. The first-order chi connectivity index (χ1) is 16.0. The zero-order chi connectivity index (χ0) is 23.4. The Morgan fingerprint density at radius 2 is 1.85 bits per heavy atom. The van der Waals surface area contributed by atoms with E-state index in [-0.39, 0.29) is 12.6 Å². The molecular weight excluding hydrogens is 440 g/mol. The molecule has 1 fully saturated rings. The maximum atomic E-state index is 12.9. The van der Waals surface area contributed by atoms with E-state index in [1.807, 2.05) is 48.5 Å². The van der Waals surface area contributed by atoms with Gasteiger partial charge in [0.25, 0.3) is 0 Å². The van der Waals surface area contributed by atoms with Gasteiger partial charge in [-0.1, -0.05) is 48.0 Å². The second kappa shape index (κ2) is 10.3. The number of hydrogen-bond donors (Lipinski definition) is 2. The van der Waals surface area contributed by atoms with Crippen molar-refractivity contribution in [2.24, 2.45) is 0 Å². The number of rotatable bonds is 6. The summed E-state index contributed by atoms with van der Waals surface area (Å²) in [6.45, 7) is 7.85. The summed E-state index contributed by atoms with van der Waals surface area (Å²) in [6.07, 6.45) is 0. The number of hydrogen-bond acceptors (Lipinski definition) is 5. The fourth-order valence-electron chi connectivity index (χ4n) is 4.38. The number of carbonyl (C=O) groups is 2. The van der Waals surface area contributed by atoms with Crippen molar-refractivity contribution in [2.75, 3.05) is 44.2 Å². The molecule has 33 heavy (non-hydrogen) atoms. The first kappa shape index (κ1) is 23.1. The van der Waals surface area contributed by atoms with E-state index < -0.39 is 12.0 Å². The average molecular weight is 469 g/mol. The Bertz CT molecular complexity index is 1050. The number of piperazine rings is 1. The van der Waals surface area contributed by atoms with Gasteiger partial charge in [-0.15, -0.1) is 0 Å². The van der Waals surface area contributed by atoms with E-state index in [0.29, 0.717) is 17.8 Å². The molecule has 0 radical (unpaired) electrons. The van der Waals surface area contributed by atoms with Gasteiger partial charge in [-0.05, 0) is 37.1 Å². The summed E-state index contributed by atoms with van der Waals surface area (Å²) in [7, 11) is 0. The summed E-state index contributed by atoms with van der Waals surface area (Å²) < 4.78 is 5.36. The van der Waals surface area contributed by atoms with Gasteiger partial charge in [-0.2, -0.15) is 0 Å². The van der Waals surface area contributed by atoms with E-state index >= 15 is 0 Å². The van der Waals surface area contributed by atoms with Crippen molar-refractivity contribution in [3.63, 3.8) is 0 Å². The van der Waals surface area contributed by atoms with E-state index in [2.05, 4.69) is 27.4 Å². The summed E-state index contributed by atoms with van der Waals surface area (Å²) in [5.41, 5.74) is 4.23. The van der Waals surface area contributed by atoms with Crippen molar-refractivity contribution < 1.29 is 14.3 Å². The second-order valence-corrected chi connectivity index (χ2v) is 8.69. The van der Waals surface area contributed by atoms with Gasteiger partial charge in [0.15, 0.2) is 0 Å². The predicted octanol–water partition coefficient (Wildman–Crippen LogP) is 3.64. The highest BCUT2D eigenvalue weighted by molar-refractivity contribution is 6.30. The van der Waals surface area contributed by atoms with Crippen molar-refractivity contribution >= 4 is 29.3 Å². The molecule has 0 saturated carbocycles. The van der Waals surface area contributed by atoms with Gasteiger partial charge in [0, 0.05) is 49.1 Å². The molecule has 2 N–H and O–H groups in total. The highest BCUT2D eigenvalue weighted by Gasteiger charge is 2.34. The van der Waals surface area contributed by atoms with Crippen molar-refractivity contribution in [3.8, 4) is 0 Å². The first-order valence-corrected chi connectivity index (χ1v) is 11.6. The van der Waals surface area contributed by atoms with Crippen LogP contribution in [-0.2, 0) is 9.53 Å². The van der Waals surface area contributed by atoms with Crippen molar-refractivity contribution in [2.45, 2.75) is 19.9 Å². The molecule has 174 valence electrons. The lowest BCUT2D eigenvalue weighted by Gasteiger charge is -2.38. The van der Waals surface area contributed by atoms with Gasteiger partial charge in [-0.3, -0.25) is 4.90 Å². The van der Waals surface area contributed by atoms with Crippen LogP contribution in [0.15, 0.2) is 59.8 Å². The lowest BCUT2D eigenvalue weighted by Crippen LogP contribution is -2.52. The minimum absolute atomic E-state index is 0.267. The zero-order valence-electron chi connectivity index (χ0n) is 18.9. The number of carbonyl (C=O) groups excluding carboxylic acids is 2. The third-order valence-electron chi connectivity index (χ3n) is 6.05. The maximum Gasteiger partial charge on any atom is 0.338 e. The Hall–Kier alpha value is -3.03. The van der Waals surface area contributed by atoms with Gasteiger partial charge >= 0.3 is 12.0 Å². The molecule has 0 aromatic heterocycles. The molecule has 2 aliphatic rings. The van der Waals surface area contributed by atoms with E-state index in [1.165, 1.54) is 5.56 Å². The second-order valence-electron chi connectivity index (χ2n) is 8.25. The number of amides is 2. The van der Waals surface area contributed by atoms with Crippen LogP contribution in [0, 0.1) is 6.92 Å². The number of urea groups is 1. The normalized spacial score (nSPS) is 19.2. The van der Waals surface area contributed by atoms with Crippen LogP contribution in [0.1, 0.15) is 24.1 Å². The topological polar surface area (TPSA) is 73.9 Å². The smallest absolute Gasteiger partial charge is 0.338 e. The number of anilines is 1. The molecule has 2 aliphatic heterocycles. The molecule has 7 nitrogen and oxygen atoms in total. The molecule has 2 amide bonds. The molecule has 1 atom stereocenters. The Morgan fingerprint density at radius 1 is 1.12 bits per heavy atom. The van der Waals surface area contributed by atoms with Crippen molar-refractivity contribution in [3.05, 3.63) is 76.0 Å². The number of benzene rings is 2. The largest absolute Gasteiger partial charge is 0.463 e. The molecule has 2 aromatic rings.